The van der Waals surface area contributed by atoms with Crippen molar-refractivity contribution < 1.29 is 13.2 Å². The molecule has 0 amide bonds. The number of nitrogens with zero attached hydrogens (tertiary/aromatic N) is 1. The highest BCUT2D eigenvalue weighted by Crippen LogP contribution is 2.43. The fourth-order valence-electron chi connectivity index (χ4n) is 3.32. The minimum absolute atomic E-state index is 0.0420. The molecule has 2 aromatic carbocycles. The predicted octanol–water partition coefficient (Wildman–Crippen LogP) is 3.82. The van der Waals surface area contributed by atoms with E-state index in [2.05, 4.69) is 0 Å². The first kappa shape index (κ1) is 16.7. The molecule has 3 rings (SSSR count). The highest BCUT2D eigenvalue weighted by Gasteiger charge is 2.37. The summed E-state index contributed by atoms with van der Waals surface area (Å²) in [5, 5.41) is 0. The molecule has 0 saturated heterocycles. The summed E-state index contributed by atoms with van der Waals surface area (Å²) >= 11 is 0. The molecule has 126 valence electrons. The Kier molecular flexibility index (Phi) is 4.22. The number of anilines is 1. The molecular weight excluding hydrogens is 322 g/mol. The third-order valence-corrected chi connectivity index (χ3v) is 6.56. The fraction of sp³-hybridized carbons (Fsp3) is 0.316. The van der Waals surface area contributed by atoms with Gasteiger partial charge in [-0.25, -0.2) is 8.42 Å². The number of aryl methyl sites for hydroxylation is 2. The second-order valence-electron chi connectivity index (χ2n) is 6.30. The van der Waals surface area contributed by atoms with Crippen LogP contribution in [0.25, 0.3) is 0 Å². The van der Waals surface area contributed by atoms with Gasteiger partial charge in [0.05, 0.1) is 10.6 Å². The predicted molar refractivity (Wildman–Crippen MR) is 95.3 cm³/mol. The van der Waals surface area contributed by atoms with Gasteiger partial charge in [-0.2, -0.15) is 0 Å². The molecule has 4 nitrogen and oxygen atoms in total. The van der Waals surface area contributed by atoms with Crippen molar-refractivity contribution in [2.75, 3.05) is 10.8 Å². The minimum atomic E-state index is -3.63. The van der Waals surface area contributed by atoms with Crippen LogP contribution in [-0.4, -0.2) is 21.2 Å². The van der Waals surface area contributed by atoms with Crippen molar-refractivity contribution >= 4 is 22.0 Å². The SMILES string of the molecule is CC[C@H]1CN(S(=O)(=O)c2ccc(C)cc2)c2ccc(C)c(C=O)c21. The second-order valence-corrected chi connectivity index (χ2v) is 8.16. The standard InChI is InChI=1S/C19H21NO3S/c1-4-15-11-20(18-10-7-14(3)17(12-21)19(15)18)24(22,23)16-8-5-13(2)6-9-16/h5-10,12,15H,4,11H2,1-3H3/t15-/m0/s1. The van der Waals surface area contributed by atoms with E-state index in [0.717, 1.165) is 29.4 Å². The lowest BCUT2D eigenvalue weighted by atomic mass is 9.92. The minimum Gasteiger partial charge on any atom is -0.298 e. The van der Waals surface area contributed by atoms with Crippen LogP contribution in [0.4, 0.5) is 5.69 Å². The Balaban J connectivity index is 2.16. The molecule has 0 unspecified atom stereocenters. The van der Waals surface area contributed by atoms with E-state index in [4.69, 9.17) is 0 Å². The number of aldehydes is 1. The van der Waals surface area contributed by atoms with Crippen molar-refractivity contribution in [2.45, 2.75) is 38.0 Å². The molecule has 2 aromatic rings. The van der Waals surface area contributed by atoms with Crippen molar-refractivity contribution in [3.05, 3.63) is 58.7 Å². The number of fused-ring (bicyclic) bond motifs is 1. The number of carbonyl (C=O) groups excluding carboxylic acids is 1. The summed E-state index contributed by atoms with van der Waals surface area (Å²) in [7, 11) is -3.63. The Labute approximate surface area is 143 Å². The van der Waals surface area contributed by atoms with E-state index in [0.29, 0.717) is 17.8 Å². The van der Waals surface area contributed by atoms with Gasteiger partial charge in [0, 0.05) is 18.0 Å². The van der Waals surface area contributed by atoms with E-state index >= 15 is 0 Å². The molecule has 0 aliphatic carbocycles. The number of sulfonamides is 1. The third-order valence-electron chi connectivity index (χ3n) is 4.76. The lowest BCUT2D eigenvalue weighted by molar-refractivity contribution is 0.112. The largest absolute Gasteiger partial charge is 0.298 e. The number of hydrogen-bond acceptors (Lipinski definition) is 3. The number of benzene rings is 2. The van der Waals surface area contributed by atoms with E-state index < -0.39 is 10.0 Å². The highest BCUT2D eigenvalue weighted by atomic mass is 32.2. The zero-order chi connectivity index (χ0) is 17.5. The zero-order valence-corrected chi connectivity index (χ0v) is 14.9. The van der Waals surface area contributed by atoms with Crippen LogP contribution in [0.3, 0.4) is 0 Å². The van der Waals surface area contributed by atoms with E-state index in [-0.39, 0.29) is 10.8 Å². The van der Waals surface area contributed by atoms with Gasteiger partial charge in [0.25, 0.3) is 10.0 Å². The van der Waals surface area contributed by atoms with Crippen LogP contribution in [0.1, 0.15) is 46.3 Å². The van der Waals surface area contributed by atoms with E-state index in [1.54, 1.807) is 24.3 Å². The lowest BCUT2D eigenvalue weighted by Gasteiger charge is -2.20. The van der Waals surface area contributed by atoms with Crippen LogP contribution in [-0.2, 0) is 10.0 Å². The van der Waals surface area contributed by atoms with Crippen molar-refractivity contribution in [2.24, 2.45) is 0 Å². The smallest absolute Gasteiger partial charge is 0.264 e. The average molecular weight is 343 g/mol. The third kappa shape index (κ3) is 2.53. The summed E-state index contributed by atoms with van der Waals surface area (Å²) in [6.45, 7) is 6.21. The lowest BCUT2D eigenvalue weighted by Crippen LogP contribution is -2.29. The molecule has 24 heavy (non-hydrogen) atoms. The van der Waals surface area contributed by atoms with Gasteiger partial charge in [0.2, 0.25) is 0 Å². The van der Waals surface area contributed by atoms with Crippen LogP contribution >= 0.6 is 0 Å². The molecule has 0 bridgehead atoms. The maximum Gasteiger partial charge on any atom is 0.264 e. The molecule has 0 spiro atoms. The van der Waals surface area contributed by atoms with Gasteiger partial charge in [-0.05, 0) is 49.6 Å². The Hall–Kier alpha value is -2.14. The molecule has 1 atom stereocenters. The molecule has 1 heterocycles. The van der Waals surface area contributed by atoms with Crippen molar-refractivity contribution in [3.63, 3.8) is 0 Å². The van der Waals surface area contributed by atoms with Crippen LogP contribution in [0.15, 0.2) is 41.3 Å². The number of hydrogen-bond donors (Lipinski definition) is 0. The normalized spacial score (nSPS) is 17.0. The summed E-state index contributed by atoms with van der Waals surface area (Å²) in [4.78, 5) is 11.8. The summed E-state index contributed by atoms with van der Waals surface area (Å²) in [5.41, 5.74) is 4.03. The molecule has 0 saturated carbocycles. The molecule has 1 aliphatic rings. The molecule has 5 heteroatoms. The zero-order valence-electron chi connectivity index (χ0n) is 14.1. The molecule has 1 aliphatic heterocycles. The van der Waals surface area contributed by atoms with Gasteiger partial charge in [0.15, 0.2) is 6.29 Å². The van der Waals surface area contributed by atoms with Crippen molar-refractivity contribution in [3.8, 4) is 0 Å². The maximum atomic E-state index is 13.1. The van der Waals surface area contributed by atoms with E-state index in [1.807, 2.05) is 32.9 Å². The topological polar surface area (TPSA) is 54.5 Å². The van der Waals surface area contributed by atoms with Gasteiger partial charge in [-0.1, -0.05) is 30.7 Å². The first-order valence-electron chi connectivity index (χ1n) is 8.08. The molecule has 0 fully saturated rings. The summed E-state index contributed by atoms with van der Waals surface area (Å²) in [5.74, 6) is 0.0420. The van der Waals surface area contributed by atoms with Crippen LogP contribution in [0.5, 0.6) is 0 Å². The van der Waals surface area contributed by atoms with Crippen LogP contribution < -0.4 is 4.31 Å². The first-order valence-corrected chi connectivity index (χ1v) is 9.52. The highest BCUT2D eigenvalue weighted by molar-refractivity contribution is 7.92. The second kappa shape index (κ2) is 6.06. The summed E-state index contributed by atoms with van der Waals surface area (Å²) in [6.07, 6.45) is 1.63. The van der Waals surface area contributed by atoms with Crippen molar-refractivity contribution in [1.29, 1.82) is 0 Å². The summed E-state index contributed by atoms with van der Waals surface area (Å²) < 4.78 is 27.6. The first-order chi connectivity index (χ1) is 11.4. The monoisotopic (exact) mass is 343 g/mol. The molecule has 0 radical (unpaired) electrons. The Bertz CT molecular complexity index is 886. The number of rotatable bonds is 4. The quantitative estimate of drug-likeness (QED) is 0.793. The summed E-state index contributed by atoms with van der Waals surface area (Å²) in [6, 6.07) is 10.5. The van der Waals surface area contributed by atoms with Crippen molar-refractivity contribution in [1.82, 2.24) is 0 Å². The molecule has 0 N–H and O–H groups in total. The Morgan fingerprint density at radius 1 is 1.12 bits per heavy atom. The van der Waals surface area contributed by atoms with Gasteiger partial charge in [-0.15, -0.1) is 0 Å². The molecular formula is C19H21NO3S. The maximum absolute atomic E-state index is 13.1. The fourth-order valence-corrected chi connectivity index (χ4v) is 4.85. The Morgan fingerprint density at radius 2 is 1.79 bits per heavy atom. The van der Waals surface area contributed by atoms with Gasteiger partial charge >= 0.3 is 0 Å². The number of carbonyl (C=O) groups is 1. The van der Waals surface area contributed by atoms with E-state index in [1.165, 1.54) is 4.31 Å². The van der Waals surface area contributed by atoms with Gasteiger partial charge in [0.1, 0.15) is 0 Å². The van der Waals surface area contributed by atoms with Crippen LogP contribution in [0, 0.1) is 13.8 Å². The molecule has 0 aromatic heterocycles. The van der Waals surface area contributed by atoms with E-state index in [9.17, 15) is 13.2 Å². The van der Waals surface area contributed by atoms with Crippen LogP contribution in [0.2, 0.25) is 0 Å². The van der Waals surface area contributed by atoms with Gasteiger partial charge in [-0.3, -0.25) is 9.10 Å². The average Bonchev–Trinajstić information content (AvgIpc) is 2.95. The Morgan fingerprint density at radius 3 is 2.38 bits per heavy atom. The van der Waals surface area contributed by atoms with Gasteiger partial charge < -0.3 is 0 Å².